The Labute approximate surface area is 121 Å². The fourth-order valence-corrected chi connectivity index (χ4v) is 3.17. The summed E-state index contributed by atoms with van der Waals surface area (Å²) in [6, 6.07) is 12.2. The van der Waals surface area contributed by atoms with Gasteiger partial charge in [-0.3, -0.25) is 0 Å². The molecule has 0 radical (unpaired) electrons. The lowest BCUT2D eigenvalue weighted by molar-refractivity contribution is -0.0116. The van der Waals surface area contributed by atoms with E-state index in [1.165, 1.54) is 6.42 Å². The highest BCUT2D eigenvalue weighted by atomic mass is 16.3. The van der Waals surface area contributed by atoms with Crippen LogP contribution < -0.4 is 5.32 Å². The van der Waals surface area contributed by atoms with Crippen LogP contribution in [-0.4, -0.2) is 23.8 Å². The molecular weight excluding hydrogens is 248 g/mol. The van der Waals surface area contributed by atoms with Crippen LogP contribution in [0.3, 0.4) is 0 Å². The summed E-state index contributed by atoms with van der Waals surface area (Å²) in [5.41, 5.74) is 0.445. The third-order valence-corrected chi connectivity index (χ3v) is 4.23. The minimum Gasteiger partial charge on any atom is -0.389 e. The molecule has 0 aliphatic heterocycles. The van der Waals surface area contributed by atoms with Gasteiger partial charge in [-0.1, -0.05) is 50.1 Å². The standard InChI is InChI=1S/C17H24N2O/c1-14-6-5-9-17(20,10-14)13-19-12-16(11-18)15-7-3-2-4-8-15/h2-4,7-8,14,16,19-20H,5-6,9-10,12-13H2,1H3. The molecule has 1 aliphatic rings. The summed E-state index contributed by atoms with van der Waals surface area (Å²) in [6.07, 6.45) is 4.04. The number of nitriles is 1. The first-order chi connectivity index (χ1) is 9.63. The molecule has 0 aromatic heterocycles. The zero-order valence-electron chi connectivity index (χ0n) is 12.2. The summed E-state index contributed by atoms with van der Waals surface area (Å²) in [7, 11) is 0. The molecule has 0 heterocycles. The Morgan fingerprint density at radius 3 is 2.85 bits per heavy atom. The van der Waals surface area contributed by atoms with Crippen molar-refractivity contribution in [3.8, 4) is 6.07 Å². The van der Waals surface area contributed by atoms with Gasteiger partial charge in [-0.25, -0.2) is 0 Å². The van der Waals surface area contributed by atoms with Gasteiger partial charge in [0.25, 0.3) is 0 Å². The first-order valence-corrected chi connectivity index (χ1v) is 7.51. The van der Waals surface area contributed by atoms with Gasteiger partial charge in [0.1, 0.15) is 0 Å². The van der Waals surface area contributed by atoms with Gasteiger partial charge in [-0.05, 0) is 24.3 Å². The van der Waals surface area contributed by atoms with Crippen LogP contribution in [0.4, 0.5) is 0 Å². The van der Waals surface area contributed by atoms with Gasteiger partial charge >= 0.3 is 0 Å². The lowest BCUT2D eigenvalue weighted by Gasteiger charge is -2.36. The molecule has 0 spiro atoms. The number of nitrogens with zero attached hydrogens (tertiary/aromatic N) is 1. The third-order valence-electron chi connectivity index (χ3n) is 4.23. The van der Waals surface area contributed by atoms with Crippen molar-refractivity contribution in [3.05, 3.63) is 35.9 Å². The molecule has 1 saturated carbocycles. The molecule has 1 aliphatic carbocycles. The second-order valence-electron chi connectivity index (χ2n) is 6.15. The van der Waals surface area contributed by atoms with Crippen molar-refractivity contribution >= 4 is 0 Å². The van der Waals surface area contributed by atoms with Crippen molar-refractivity contribution in [2.45, 2.75) is 44.1 Å². The van der Waals surface area contributed by atoms with E-state index < -0.39 is 5.60 Å². The predicted molar refractivity (Wildman–Crippen MR) is 80.2 cm³/mol. The van der Waals surface area contributed by atoms with E-state index in [2.05, 4.69) is 18.3 Å². The quantitative estimate of drug-likeness (QED) is 0.866. The highest BCUT2D eigenvalue weighted by Gasteiger charge is 2.32. The molecular formula is C17H24N2O. The molecule has 0 bridgehead atoms. The SMILES string of the molecule is CC1CCCC(O)(CNCC(C#N)c2ccccc2)C1. The van der Waals surface area contributed by atoms with Crippen molar-refractivity contribution < 1.29 is 5.11 Å². The highest BCUT2D eigenvalue weighted by molar-refractivity contribution is 5.25. The lowest BCUT2D eigenvalue weighted by Crippen LogP contribution is -2.44. The topological polar surface area (TPSA) is 56.0 Å². The molecule has 0 amide bonds. The Kier molecular flexibility index (Phi) is 5.17. The minimum atomic E-state index is -0.589. The maximum absolute atomic E-state index is 10.6. The predicted octanol–water partition coefficient (Wildman–Crippen LogP) is 2.82. The smallest absolute Gasteiger partial charge is 0.0837 e. The molecule has 108 valence electrons. The average Bonchev–Trinajstić information content (AvgIpc) is 2.44. The second kappa shape index (κ2) is 6.88. The molecule has 1 aromatic rings. The fraction of sp³-hybridized carbons (Fsp3) is 0.588. The van der Waals surface area contributed by atoms with Crippen molar-refractivity contribution in [2.75, 3.05) is 13.1 Å². The molecule has 1 fully saturated rings. The van der Waals surface area contributed by atoms with Gasteiger partial charge in [0.15, 0.2) is 0 Å². The van der Waals surface area contributed by atoms with Crippen LogP contribution in [0.5, 0.6) is 0 Å². The summed E-state index contributed by atoms with van der Waals surface area (Å²) in [5.74, 6) is 0.442. The number of benzene rings is 1. The first-order valence-electron chi connectivity index (χ1n) is 7.51. The largest absolute Gasteiger partial charge is 0.389 e. The number of nitrogens with one attached hydrogen (secondary N) is 1. The van der Waals surface area contributed by atoms with Gasteiger partial charge in [0.05, 0.1) is 17.6 Å². The van der Waals surface area contributed by atoms with Gasteiger partial charge < -0.3 is 10.4 Å². The maximum Gasteiger partial charge on any atom is 0.0837 e. The Hall–Kier alpha value is -1.37. The normalized spacial score (nSPS) is 27.8. The van der Waals surface area contributed by atoms with Gasteiger partial charge in [0, 0.05) is 13.1 Å². The molecule has 3 nitrogen and oxygen atoms in total. The Morgan fingerprint density at radius 1 is 1.45 bits per heavy atom. The van der Waals surface area contributed by atoms with E-state index in [1.807, 2.05) is 30.3 Å². The maximum atomic E-state index is 10.6. The minimum absolute atomic E-state index is 0.152. The van der Waals surface area contributed by atoms with E-state index in [0.717, 1.165) is 24.8 Å². The summed E-state index contributed by atoms with van der Waals surface area (Å²) in [5, 5.41) is 23.1. The van der Waals surface area contributed by atoms with Crippen LogP contribution in [-0.2, 0) is 0 Å². The van der Waals surface area contributed by atoms with Crippen molar-refractivity contribution in [1.82, 2.24) is 5.32 Å². The van der Waals surface area contributed by atoms with Gasteiger partial charge in [-0.15, -0.1) is 0 Å². The van der Waals surface area contributed by atoms with Gasteiger partial charge in [0.2, 0.25) is 0 Å². The monoisotopic (exact) mass is 272 g/mol. The van der Waals surface area contributed by atoms with Crippen LogP contribution in [0.1, 0.15) is 44.1 Å². The van der Waals surface area contributed by atoms with Crippen LogP contribution in [0.2, 0.25) is 0 Å². The summed E-state index contributed by atoms with van der Waals surface area (Å²) >= 11 is 0. The summed E-state index contributed by atoms with van der Waals surface area (Å²) in [4.78, 5) is 0. The Balaban J connectivity index is 1.84. The van der Waals surface area contributed by atoms with Crippen molar-refractivity contribution in [1.29, 1.82) is 5.26 Å². The molecule has 2 N–H and O–H groups in total. The van der Waals surface area contributed by atoms with Crippen LogP contribution >= 0.6 is 0 Å². The molecule has 3 atom stereocenters. The van der Waals surface area contributed by atoms with E-state index in [1.54, 1.807) is 0 Å². The second-order valence-corrected chi connectivity index (χ2v) is 6.15. The molecule has 20 heavy (non-hydrogen) atoms. The van der Waals surface area contributed by atoms with E-state index >= 15 is 0 Å². The molecule has 1 aromatic carbocycles. The first kappa shape index (κ1) is 15.0. The van der Waals surface area contributed by atoms with E-state index in [4.69, 9.17) is 0 Å². The molecule has 2 rings (SSSR count). The van der Waals surface area contributed by atoms with E-state index in [0.29, 0.717) is 19.0 Å². The Morgan fingerprint density at radius 2 is 2.20 bits per heavy atom. The third kappa shape index (κ3) is 4.06. The zero-order valence-corrected chi connectivity index (χ0v) is 12.2. The van der Waals surface area contributed by atoms with Crippen LogP contribution in [0, 0.1) is 17.2 Å². The number of aliphatic hydroxyl groups is 1. The average molecular weight is 272 g/mol. The lowest BCUT2D eigenvalue weighted by atomic mass is 9.79. The number of rotatable bonds is 5. The number of hydrogen-bond donors (Lipinski definition) is 2. The number of hydrogen-bond acceptors (Lipinski definition) is 3. The molecule has 3 unspecified atom stereocenters. The fourth-order valence-electron chi connectivity index (χ4n) is 3.17. The highest BCUT2D eigenvalue weighted by Crippen LogP contribution is 2.31. The van der Waals surface area contributed by atoms with Crippen LogP contribution in [0.15, 0.2) is 30.3 Å². The van der Waals surface area contributed by atoms with Crippen molar-refractivity contribution in [2.24, 2.45) is 5.92 Å². The zero-order chi connectivity index (χ0) is 14.4. The van der Waals surface area contributed by atoms with Gasteiger partial charge in [-0.2, -0.15) is 5.26 Å². The van der Waals surface area contributed by atoms with Crippen molar-refractivity contribution in [3.63, 3.8) is 0 Å². The van der Waals surface area contributed by atoms with E-state index in [-0.39, 0.29) is 5.92 Å². The molecule has 0 saturated heterocycles. The van der Waals surface area contributed by atoms with E-state index in [9.17, 15) is 10.4 Å². The summed E-state index contributed by atoms with van der Waals surface area (Å²) < 4.78 is 0. The molecule has 3 heteroatoms. The Bertz CT molecular complexity index is 454. The summed E-state index contributed by atoms with van der Waals surface area (Å²) in [6.45, 7) is 3.38. The van der Waals surface area contributed by atoms with Crippen LogP contribution in [0.25, 0.3) is 0 Å².